The summed E-state index contributed by atoms with van der Waals surface area (Å²) in [5.74, 6) is 0.721. The van der Waals surface area contributed by atoms with E-state index in [1.54, 1.807) is 28.7 Å². The molecule has 0 aliphatic carbocycles. The Morgan fingerprint density at radius 2 is 1.93 bits per heavy atom. The molecule has 2 heterocycles. The van der Waals surface area contributed by atoms with Crippen LogP contribution in [0.3, 0.4) is 0 Å². The van der Waals surface area contributed by atoms with Gasteiger partial charge in [-0.25, -0.2) is 13.4 Å². The van der Waals surface area contributed by atoms with Gasteiger partial charge in [0.15, 0.2) is 0 Å². The van der Waals surface area contributed by atoms with Crippen molar-refractivity contribution in [2.75, 3.05) is 19.6 Å². The Bertz CT molecular complexity index is 1070. The van der Waals surface area contributed by atoms with Crippen molar-refractivity contribution in [1.29, 1.82) is 0 Å². The first kappa shape index (κ1) is 20.1. The Hall–Kier alpha value is -1.64. The van der Waals surface area contributed by atoms with Gasteiger partial charge in [-0.3, -0.25) is 0 Å². The normalized spacial score (nSPS) is 18.4. The van der Waals surface area contributed by atoms with Crippen LogP contribution in [0, 0.1) is 0 Å². The third kappa shape index (κ3) is 3.46. The number of aromatic nitrogens is 2. The van der Waals surface area contributed by atoms with Crippen LogP contribution in [0.25, 0.3) is 10.8 Å². The van der Waals surface area contributed by atoms with E-state index in [2.05, 4.69) is 10.3 Å². The Morgan fingerprint density at radius 3 is 2.63 bits per heavy atom. The molecule has 4 rings (SSSR count). The van der Waals surface area contributed by atoms with Gasteiger partial charge in [0.25, 0.3) is 0 Å². The molecular formula is C18H20Cl2N4O2S. The van der Waals surface area contributed by atoms with Gasteiger partial charge < -0.3 is 9.88 Å². The molecule has 0 bridgehead atoms. The van der Waals surface area contributed by atoms with Gasteiger partial charge >= 0.3 is 0 Å². The summed E-state index contributed by atoms with van der Waals surface area (Å²) in [4.78, 5) is 4.65. The first-order valence-corrected chi connectivity index (χ1v) is 10.2. The quantitative estimate of drug-likeness (QED) is 0.698. The second-order valence-electron chi connectivity index (χ2n) is 6.32. The molecule has 2 aromatic carbocycles. The molecule has 1 aromatic heterocycles. The van der Waals surface area contributed by atoms with Crippen LogP contribution in [0.1, 0.15) is 11.9 Å². The molecule has 1 fully saturated rings. The summed E-state index contributed by atoms with van der Waals surface area (Å²) in [5, 5.41) is 5.18. The van der Waals surface area contributed by atoms with Crippen molar-refractivity contribution in [3.8, 4) is 0 Å². The maximum atomic E-state index is 13.5. The van der Waals surface area contributed by atoms with Gasteiger partial charge in [-0.05, 0) is 12.1 Å². The Kier molecular flexibility index (Phi) is 5.79. The van der Waals surface area contributed by atoms with Gasteiger partial charge in [0.1, 0.15) is 5.82 Å². The maximum absolute atomic E-state index is 13.5. The predicted octanol–water partition coefficient (Wildman–Crippen LogP) is 2.98. The third-order valence-electron chi connectivity index (χ3n) is 4.77. The highest BCUT2D eigenvalue weighted by molar-refractivity contribution is 7.89. The largest absolute Gasteiger partial charge is 0.337 e. The molecule has 1 aliphatic heterocycles. The minimum Gasteiger partial charge on any atom is -0.337 e. The molecule has 1 saturated heterocycles. The minimum absolute atomic E-state index is 0. The highest BCUT2D eigenvalue weighted by Crippen LogP contribution is 2.34. The third-order valence-corrected chi connectivity index (χ3v) is 7.06. The number of hydrogen-bond donors (Lipinski definition) is 1. The number of benzene rings is 2. The number of rotatable bonds is 3. The fraction of sp³-hybridized carbons (Fsp3) is 0.278. The number of nitrogens with one attached hydrogen (secondary N) is 1. The SMILES string of the molecule is Cl.Cn1ccnc1C1CNCCN1S(=O)(=O)c1ccc(Cl)c2ccccc12. The zero-order valence-corrected chi connectivity index (χ0v) is 17.1. The molecule has 1 unspecified atom stereocenters. The van der Waals surface area contributed by atoms with E-state index < -0.39 is 10.0 Å². The van der Waals surface area contributed by atoms with Crippen LogP contribution in [-0.2, 0) is 17.1 Å². The monoisotopic (exact) mass is 426 g/mol. The van der Waals surface area contributed by atoms with E-state index in [0.29, 0.717) is 30.0 Å². The van der Waals surface area contributed by atoms with Crippen LogP contribution < -0.4 is 5.32 Å². The maximum Gasteiger partial charge on any atom is 0.244 e. The van der Waals surface area contributed by atoms with Crippen LogP contribution in [0.4, 0.5) is 0 Å². The number of piperazine rings is 1. The van der Waals surface area contributed by atoms with Crippen molar-refractivity contribution in [3.63, 3.8) is 0 Å². The topological polar surface area (TPSA) is 67.2 Å². The lowest BCUT2D eigenvalue weighted by atomic mass is 10.1. The number of nitrogens with zero attached hydrogens (tertiary/aromatic N) is 3. The van der Waals surface area contributed by atoms with E-state index in [-0.39, 0.29) is 23.3 Å². The molecule has 27 heavy (non-hydrogen) atoms. The van der Waals surface area contributed by atoms with Crippen LogP contribution in [0.15, 0.2) is 53.7 Å². The fourth-order valence-electron chi connectivity index (χ4n) is 3.48. The average Bonchev–Trinajstić information content (AvgIpc) is 3.08. The Labute approximate surface area is 169 Å². The Balaban J connectivity index is 0.00000210. The molecule has 0 radical (unpaired) electrons. The summed E-state index contributed by atoms with van der Waals surface area (Å²) in [6, 6.07) is 10.2. The molecule has 3 aromatic rings. The van der Waals surface area contributed by atoms with E-state index in [0.717, 1.165) is 11.2 Å². The lowest BCUT2D eigenvalue weighted by Crippen LogP contribution is -2.49. The number of halogens is 2. The molecule has 0 amide bonds. The summed E-state index contributed by atoms with van der Waals surface area (Å²) in [7, 11) is -1.84. The number of fused-ring (bicyclic) bond motifs is 1. The smallest absolute Gasteiger partial charge is 0.244 e. The van der Waals surface area contributed by atoms with Crippen molar-refractivity contribution in [2.24, 2.45) is 7.05 Å². The van der Waals surface area contributed by atoms with Crippen LogP contribution in [0.2, 0.25) is 5.02 Å². The van der Waals surface area contributed by atoms with Crippen molar-refractivity contribution in [2.45, 2.75) is 10.9 Å². The predicted molar refractivity (Wildman–Crippen MR) is 109 cm³/mol. The van der Waals surface area contributed by atoms with Gasteiger partial charge in [0.05, 0.1) is 10.9 Å². The summed E-state index contributed by atoms with van der Waals surface area (Å²) >= 11 is 6.26. The van der Waals surface area contributed by atoms with E-state index in [9.17, 15) is 8.42 Å². The number of aryl methyl sites for hydroxylation is 1. The zero-order chi connectivity index (χ0) is 18.3. The van der Waals surface area contributed by atoms with Crippen molar-refractivity contribution >= 4 is 44.8 Å². The second-order valence-corrected chi connectivity index (χ2v) is 8.59. The Morgan fingerprint density at radius 1 is 1.19 bits per heavy atom. The second kappa shape index (κ2) is 7.77. The molecule has 1 atom stereocenters. The van der Waals surface area contributed by atoms with Gasteiger partial charge in [0.2, 0.25) is 10.0 Å². The van der Waals surface area contributed by atoms with E-state index in [1.165, 1.54) is 0 Å². The highest BCUT2D eigenvalue weighted by atomic mass is 35.5. The van der Waals surface area contributed by atoms with Crippen LogP contribution >= 0.6 is 24.0 Å². The van der Waals surface area contributed by atoms with Crippen molar-refractivity contribution in [3.05, 3.63) is 59.6 Å². The summed E-state index contributed by atoms with van der Waals surface area (Å²) in [5.41, 5.74) is 0. The van der Waals surface area contributed by atoms with Gasteiger partial charge in [-0.1, -0.05) is 35.9 Å². The van der Waals surface area contributed by atoms with E-state index in [1.807, 2.05) is 36.0 Å². The van der Waals surface area contributed by atoms with E-state index >= 15 is 0 Å². The van der Waals surface area contributed by atoms with Crippen molar-refractivity contribution < 1.29 is 8.42 Å². The van der Waals surface area contributed by atoms with Crippen LogP contribution in [-0.4, -0.2) is 41.9 Å². The fourth-order valence-corrected chi connectivity index (χ4v) is 5.49. The standard InChI is InChI=1S/C18H19ClN4O2S.ClH/c1-22-10-9-21-18(22)16-12-20-8-11-23(16)26(24,25)17-7-6-15(19)13-4-2-3-5-14(13)17;/h2-7,9-10,16,20H,8,11-12H2,1H3;1H. The minimum atomic E-state index is -3.72. The molecular weight excluding hydrogens is 407 g/mol. The lowest BCUT2D eigenvalue weighted by molar-refractivity contribution is 0.258. The summed E-state index contributed by atoms with van der Waals surface area (Å²) < 4.78 is 30.5. The van der Waals surface area contributed by atoms with Gasteiger partial charge in [0, 0.05) is 54.9 Å². The van der Waals surface area contributed by atoms with Gasteiger partial charge in [-0.2, -0.15) is 4.31 Å². The van der Waals surface area contributed by atoms with Crippen LogP contribution in [0.5, 0.6) is 0 Å². The average molecular weight is 427 g/mol. The first-order valence-electron chi connectivity index (χ1n) is 8.37. The van der Waals surface area contributed by atoms with Gasteiger partial charge in [-0.15, -0.1) is 12.4 Å². The lowest BCUT2D eigenvalue weighted by Gasteiger charge is -2.35. The highest BCUT2D eigenvalue weighted by Gasteiger charge is 2.37. The molecule has 0 saturated carbocycles. The molecule has 9 heteroatoms. The zero-order valence-electron chi connectivity index (χ0n) is 14.7. The summed E-state index contributed by atoms with van der Waals surface area (Å²) in [6.07, 6.45) is 3.51. The molecule has 0 spiro atoms. The number of hydrogen-bond acceptors (Lipinski definition) is 4. The molecule has 1 N–H and O–H groups in total. The first-order chi connectivity index (χ1) is 12.5. The molecule has 144 valence electrons. The summed E-state index contributed by atoms with van der Waals surface area (Å²) in [6.45, 7) is 1.51. The van der Waals surface area contributed by atoms with Crippen molar-refractivity contribution in [1.82, 2.24) is 19.2 Å². The van der Waals surface area contributed by atoms with E-state index in [4.69, 9.17) is 11.6 Å². The molecule has 1 aliphatic rings. The molecule has 6 nitrogen and oxygen atoms in total. The number of sulfonamides is 1. The number of imidazole rings is 1.